The second-order valence-corrected chi connectivity index (χ2v) is 13.1. The van der Waals surface area contributed by atoms with Crippen molar-refractivity contribution in [1.29, 1.82) is 0 Å². The van der Waals surface area contributed by atoms with Gasteiger partial charge in [-0.25, -0.2) is 0 Å². The maximum Gasteiger partial charge on any atom is 0.302 e. The van der Waals surface area contributed by atoms with Crippen molar-refractivity contribution in [2.75, 3.05) is 13.2 Å². The summed E-state index contributed by atoms with van der Waals surface area (Å²) in [6.45, 7) is 0.152. The lowest BCUT2D eigenvalue weighted by Gasteiger charge is -2.52. The minimum Gasteiger partial charge on any atom is -0.463 e. The molecule has 2 aliphatic carbocycles. The molecule has 5 aliphatic rings. The second-order valence-electron chi connectivity index (χ2n) is 13.1. The van der Waals surface area contributed by atoms with E-state index in [0.717, 1.165) is 0 Å². The molecule has 0 bridgehead atoms. The molecule has 0 spiro atoms. The molecule has 0 aromatic rings. The molecule has 45 heavy (non-hydrogen) atoms. The number of rotatable bonds is 8. The molecular weight excluding hydrogens is 604 g/mol. The fourth-order valence-corrected chi connectivity index (χ4v) is 7.40. The predicted octanol–water partition coefficient (Wildman–Crippen LogP) is -3.59. The van der Waals surface area contributed by atoms with Gasteiger partial charge in [-0.1, -0.05) is 0 Å². The molecule has 9 N–H and O–H groups in total. The summed E-state index contributed by atoms with van der Waals surface area (Å²) < 4.78 is 35.3. The van der Waals surface area contributed by atoms with E-state index < -0.39 is 123 Å². The molecule has 0 amide bonds. The number of hydrogen-bond acceptors (Lipinski definition) is 16. The average molecular weight is 653 g/mol. The summed E-state index contributed by atoms with van der Waals surface area (Å²) in [5.41, 5.74) is 0. The molecule has 16 heteroatoms. The van der Waals surface area contributed by atoms with Crippen molar-refractivity contribution in [3.8, 4) is 0 Å². The van der Waals surface area contributed by atoms with Gasteiger partial charge in [0.2, 0.25) is 0 Å². The van der Waals surface area contributed by atoms with Gasteiger partial charge in [0.25, 0.3) is 0 Å². The van der Waals surface area contributed by atoms with Gasteiger partial charge in [0.15, 0.2) is 12.6 Å². The molecule has 0 aromatic carbocycles. The molecule has 5 rings (SSSR count). The van der Waals surface area contributed by atoms with E-state index in [4.69, 9.17) is 28.4 Å². The Morgan fingerprint density at radius 3 is 1.84 bits per heavy atom. The Kier molecular flexibility index (Phi) is 11.7. The van der Waals surface area contributed by atoms with E-state index in [9.17, 15) is 50.8 Å². The first kappa shape index (κ1) is 35.2. The van der Waals surface area contributed by atoms with Gasteiger partial charge in [-0.15, -0.1) is 0 Å². The van der Waals surface area contributed by atoms with Gasteiger partial charge in [0.1, 0.15) is 55.4 Å². The molecule has 2 saturated carbocycles. The summed E-state index contributed by atoms with van der Waals surface area (Å²) in [7, 11) is 0. The van der Waals surface area contributed by atoms with Gasteiger partial charge in [-0.3, -0.25) is 4.79 Å². The Morgan fingerprint density at radius 1 is 0.667 bits per heavy atom. The van der Waals surface area contributed by atoms with E-state index in [0.29, 0.717) is 25.7 Å². The van der Waals surface area contributed by atoms with Crippen LogP contribution in [0, 0.1) is 11.8 Å². The van der Waals surface area contributed by atoms with Gasteiger partial charge in [0, 0.05) is 19.3 Å². The Balaban J connectivity index is 1.35. The Morgan fingerprint density at radius 2 is 1.24 bits per heavy atom. The van der Waals surface area contributed by atoms with E-state index in [2.05, 4.69) is 0 Å². The Labute approximate surface area is 260 Å². The van der Waals surface area contributed by atoms with Crippen molar-refractivity contribution in [2.24, 2.45) is 11.8 Å². The smallest absolute Gasteiger partial charge is 0.302 e. The first-order chi connectivity index (χ1) is 21.4. The minimum atomic E-state index is -1.68. The third-order valence-electron chi connectivity index (χ3n) is 9.96. The topological polar surface area (TPSA) is 255 Å². The third kappa shape index (κ3) is 7.81. The Bertz CT molecular complexity index is 963. The highest BCUT2D eigenvalue weighted by Gasteiger charge is 2.53. The van der Waals surface area contributed by atoms with Crippen molar-refractivity contribution in [3.05, 3.63) is 0 Å². The molecule has 5 fully saturated rings. The van der Waals surface area contributed by atoms with Crippen LogP contribution in [0.5, 0.6) is 0 Å². The van der Waals surface area contributed by atoms with Gasteiger partial charge < -0.3 is 74.4 Å². The number of carbonyl (C=O) groups is 1. The van der Waals surface area contributed by atoms with Crippen LogP contribution in [-0.4, -0.2) is 163 Å². The number of fused-ring (bicyclic) bond motifs is 1. The molecule has 3 saturated heterocycles. The standard InChI is InChI=1S/C29H48O16/c1-11(31)40-10-20-22(35)24(37)26(39)28(45-20)42-17-7-14(33)6-16-15(17)8-18(27(41-16)12-2-4-13(32)5-3-12)43-29-25(38)23(36)21(34)19(9-30)44-29/h12-30,32-39H,2-10H2,1H3. The maximum absolute atomic E-state index is 11.3. The third-order valence-corrected chi connectivity index (χ3v) is 9.96. The summed E-state index contributed by atoms with van der Waals surface area (Å²) in [5, 5.41) is 93.4. The lowest BCUT2D eigenvalue weighted by atomic mass is 9.73. The number of esters is 1. The monoisotopic (exact) mass is 652 g/mol. The molecule has 3 aliphatic heterocycles. The molecule has 260 valence electrons. The van der Waals surface area contributed by atoms with E-state index in [1.54, 1.807) is 0 Å². The average Bonchev–Trinajstić information content (AvgIpc) is 3.01. The van der Waals surface area contributed by atoms with E-state index in [1.165, 1.54) is 6.92 Å². The van der Waals surface area contributed by atoms with Crippen molar-refractivity contribution in [2.45, 2.75) is 150 Å². The molecule has 16 atom stereocenters. The van der Waals surface area contributed by atoms with Crippen molar-refractivity contribution >= 4 is 5.97 Å². The molecule has 0 radical (unpaired) electrons. The van der Waals surface area contributed by atoms with Gasteiger partial charge in [-0.05, 0) is 44.4 Å². The summed E-state index contributed by atoms with van der Waals surface area (Å²) in [5.74, 6) is -1.14. The maximum atomic E-state index is 11.3. The van der Waals surface area contributed by atoms with Crippen LogP contribution in [0.1, 0.15) is 51.9 Å². The highest BCUT2D eigenvalue weighted by molar-refractivity contribution is 5.65. The van der Waals surface area contributed by atoms with E-state index in [1.807, 2.05) is 0 Å². The lowest BCUT2D eigenvalue weighted by molar-refractivity contribution is -0.344. The number of aliphatic hydroxyl groups is 9. The molecule has 16 unspecified atom stereocenters. The molecule has 3 heterocycles. The number of aliphatic hydroxyl groups excluding tert-OH is 9. The van der Waals surface area contributed by atoms with Gasteiger partial charge >= 0.3 is 5.97 Å². The first-order valence-electron chi connectivity index (χ1n) is 15.8. The van der Waals surface area contributed by atoms with Crippen molar-refractivity contribution < 1.29 is 79.2 Å². The summed E-state index contributed by atoms with van der Waals surface area (Å²) in [4.78, 5) is 11.3. The fraction of sp³-hybridized carbons (Fsp3) is 0.966. The Hall–Kier alpha value is -1.09. The number of ether oxygens (including phenoxy) is 6. The van der Waals surface area contributed by atoms with E-state index >= 15 is 0 Å². The van der Waals surface area contributed by atoms with Crippen LogP contribution >= 0.6 is 0 Å². The predicted molar refractivity (Wildman–Crippen MR) is 147 cm³/mol. The largest absolute Gasteiger partial charge is 0.463 e. The van der Waals surface area contributed by atoms with Crippen LogP contribution in [0.3, 0.4) is 0 Å². The van der Waals surface area contributed by atoms with E-state index in [-0.39, 0.29) is 25.2 Å². The highest BCUT2D eigenvalue weighted by Crippen LogP contribution is 2.44. The van der Waals surface area contributed by atoms with Crippen LogP contribution < -0.4 is 0 Å². The van der Waals surface area contributed by atoms with Crippen LogP contribution in [0.2, 0.25) is 0 Å². The van der Waals surface area contributed by atoms with Crippen LogP contribution in [0.15, 0.2) is 0 Å². The normalized spacial score (nSPS) is 50.9. The van der Waals surface area contributed by atoms with Crippen LogP contribution in [0.4, 0.5) is 0 Å². The zero-order valence-electron chi connectivity index (χ0n) is 25.1. The summed E-state index contributed by atoms with van der Waals surface area (Å²) >= 11 is 0. The van der Waals surface area contributed by atoms with Crippen molar-refractivity contribution in [1.82, 2.24) is 0 Å². The van der Waals surface area contributed by atoms with Crippen molar-refractivity contribution in [3.63, 3.8) is 0 Å². The van der Waals surface area contributed by atoms with Gasteiger partial charge in [-0.2, -0.15) is 0 Å². The number of carbonyl (C=O) groups excluding carboxylic acids is 1. The second kappa shape index (κ2) is 15.0. The van der Waals surface area contributed by atoms with Crippen LogP contribution in [-0.2, 0) is 33.2 Å². The molecule has 16 nitrogen and oxygen atoms in total. The summed E-state index contributed by atoms with van der Waals surface area (Å²) in [6.07, 6.45) is -15.9. The van der Waals surface area contributed by atoms with Gasteiger partial charge in [0.05, 0.1) is 43.2 Å². The first-order valence-corrected chi connectivity index (χ1v) is 15.8. The summed E-state index contributed by atoms with van der Waals surface area (Å²) in [6, 6.07) is 0. The SMILES string of the molecule is CC(=O)OCC1OC(OC2CC(O)CC3OC(C4CCC(O)CC4)C(OC4OC(CO)C(O)C(O)C4O)CC23)C(O)C(O)C1O. The zero-order chi connectivity index (χ0) is 32.6. The highest BCUT2D eigenvalue weighted by atomic mass is 16.7. The molecule has 0 aromatic heterocycles. The fourth-order valence-electron chi connectivity index (χ4n) is 7.40. The molecular formula is C29H48O16. The number of hydrogen-bond donors (Lipinski definition) is 9. The van der Waals surface area contributed by atoms with Crippen LogP contribution in [0.25, 0.3) is 0 Å². The quantitative estimate of drug-likeness (QED) is 0.115. The zero-order valence-corrected chi connectivity index (χ0v) is 25.1. The lowest BCUT2D eigenvalue weighted by Crippen LogP contribution is -2.63. The minimum absolute atomic E-state index is 0.0511.